The van der Waals surface area contributed by atoms with Crippen LogP contribution in [-0.4, -0.2) is 84.9 Å². The Hall–Kier alpha value is -4.02. The van der Waals surface area contributed by atoms with Gasteiger partial charge in [0.05, 0.1) is 67.9 Å². The van der Waals surface area contributed by atoms with Gasteiger partial charge in [-0.3, -0.25) is 4.98 Å². The molecule has 10 heteroatoms. The van der Waals surface area contributed by atoms with Gasteiger partial charge < -0.3 is 24.0 Å². The first-order chi connectivity index (χ1) is 20.0. The standard InChI is InChI=1S/C31H36N6O4/c1-4-41-31(38)27-18-26(22-5-7-23(8-6-22)35-9-13-39-14-10-35)28-29(21(2)3)34-37(30(28)33-27)25-17-24(19-32-20-25)36-11-15-40-16-12-36/h5-8,17-21H,4,9-16H2,1-3H3. The molecule has 2 aliphatic heterocycles. The Labute approximate surface area is 239 Å². The quantitative estimate of drug-likeness (QED) is 0.306. The molecule has 0 aliphatic carbocycles. The van der Waals surface area contributed by atoms with E-state index in [1.54, 1.807) is 13.1 Å². The Morgan fingerprint density at radius 2 is 1.54 bits per heavy atom. The first-order valence-electron chi connectivity index (χ1n) is 14.4. The van der Waals surface area contributed by atoms with Crippen LogP contribution in [0.3, 0.4) is 0 Å². The van der Waals surface area contributed by atoms with Crippen LogP contribution in [0.25, 0.3) is 27.8 Å². The van der Waals surface area contributed by atoms with E-state index in [4.69, 9.17) is 24.3 Å². The van der Waals surface area contributed by atoms with E-state index >= 15 is 0 Å². The number of rotatable bonds is 7. The van der Waals surface area contributed by atoms with Crippen molar-refractivity contribution in [2.24, 2.45) is 0 Å². The molecule has 2 aliphatic rings. The van der Waals surface area contributed by atoms with Crippen molar-refractivity contribution in [2.75, 3.05) is 69.0 Å². The lowest BCUT2D eigenvalue weighted by Gasteiger charge is -2.29. The molecule has 2 fully saturated rings. The molecular formula is C31H36N6O4. The summed E-state index contributed by atoms with van der Waals surface area (Å²) >= 11 is 0. The number of aromatic nitrogens is 4. The molecule has 5 heterocycles. The first-order valence-corrected chi connectivity index (χ1v) is 14.4. The number of morpholine rings is 2. The summed E-state index contributed by atoms with van der Waals surface area (Å²) in [5, 5.41) is 5.99. The number of carbonyl (C=O) groups excluding carboxylic acids is 1. The highest BCUT2D eigenvalue weighted by Gasteiger charge is 2.24. The summed E-state index contributed by atoms with van der Waals surface area (Å²) in [4.78, 5) is 27.0. The van der Waals surface area contributed by atoms with Gasteiger partial charge in [-0.15, -0.1) is 0 Å². The second-order valence-electron chi connectivity index (χ2n) is 10.6. The number of carbonyl (C=O) groups is 1. The molecule has 3 aromatic heterocycles. The number of hydrogen-bond acceptors (Lipinski definition) is 9. The minimum absolute atomic E-state index is 0.121. The van der Waals surface area contributed by atoms with Gasteiger partial charge in [-0.05, 0) is 48.2 Å². The zero-order valence-corrected chi connectivity index (χ0v) is 23.9. The van der Waals surface area contributed by atoms with Crippen molar-refractivity contribution in [3.05, 3.63) is 60.2 Å². The fraction of sp³-hybridized carbons (Fsp3) is 0.419. The van der Waals surface area contributed by atoms with Gasteiger partial charge in [0, 0.05) is 31.9 Å². The lowest BCUT2D eigenvalue weighted by molar-refractivity contribution is 0.0520. The van der Waals surface area contributed by atoms with Crippen LogP contribution in [0.2, 0.25) is 0 Å². The molecule has 0 amide bonds. The van der Waals surface area contributed by atoms with Crippen LogP contribution in [0.1, 0.15) is 42.9 Å². The lowest BCUT2D eigenvalue weighted by Crippen LogP contribution is -2.36. The monoisotopic (exact) mass is 556 g/mol. The summed E-state index contributed by atoms with van der Waals surface area (Å²) in [5.74, 6) is -0.338. The van der Waals surface area contributed by atoms with E-state index < -0.39 is 5.97 Å². The minimum atomic E-state index is -0.459. The van der Waals surface area contributed by atoms with Crippen LogP contribution in [0.15, 0.2) is 48.8 Å². The Morgan fingerprint density at radius 1 is 0.902 bits per heavy atom. The van der Waals surface area contributed by atoms with E-state index in [9.17, 15) is 4.79 Å². The van der Waals surface area contributed by atoms with Gasteiger partial charge in [0.15, 0.2) is 11.3 Å². The largest absolute Gasteiger partial charge is 0.461 e. The zero-order valence-electron chi connectivity index (χ0n) is 23.9. The number of ether oxygens (including phenoxy) is 3. The van der Waals surface area contributed by atoms with Gasteiger partial charge in [-0.1, -0.05) is 26.0 Å². The fourth-order valence-corrected chi connectivity index (χ4v) is 5.46. The topological polar surface area (TPSA) is 94.8 Å². The average molecular weight is 557 g/mol. The van der Waals surface area contributed by atoms with E-state index in [-0.39, 0.29) is 18.2 Å². The minimum Gasteiger partial charge on any atom is -0.461 e. The second kappa shape index (κ2) is 11.8. The van der Waals surface area contributed by atoms with Crippen molar-refractivity contribution in [1.29, 1.82) is 0 Å². The smallest absolute Gasteiger partial charge is 0.357 e. The molecule has 0 saturated carbocycles. The van der Waals surface area contributed by atoms with Crippen LogP contribution < -0.4 is 9.80 Å². The second-order valence-corrected chi connectivity index (χ2v) is 10.6. The molecule has 4 aromatic rings. The number of anilines is 2. The highest BCUT2D eigenvalue weighted by atomic mass is 16.5. The number of benzene rings is 1. The van der Waals surface area contributed by atoms with Crippen LogP contribution >= 0.6 is 0 Å². The zero-order chi connectivity index (χ0) is 28.3. The summed E-state index contributed by atoms with van der Waals surface area (Å²) < 4.78 is 18.3. The summed E-state index contributed by atoms with van der Waals surface area (Å²) in [6.45, 7) is 12.5. The molecule has 0 spiro atoms. The van der Waals surface area contributed by atoms with Crippen molar-refractivity contribution in [3.8, 4) is 16.8 Å². The van der Waals surface area contributed by atoms with Gasteiger partial charge in [0.1, 0.15) is 0 Å². The van der Waals surface area contributed by atoms with Crippen LogP contribution in [0.4, 0.5) is 11.4 Å². The summed E-state index contributed by atoms with van der Waals surface area (Å²) in [6.07, 6.45) is 3.65. The molecule has 0 bridgehead atoms. The van der Waals surface area contributed by atoms with Crippen molar-refractivity contribution >= 4 is 28.4 Å². The number of fused-ring (bicyclic) bond motifs is 1. The Bertz CT molecular complexity index is 1520. The maximum Gasteiger partial charge on any atom is 0.357 e. The molecule has 214 valence electrons. The Balaban J connectivity index is 1.50. The average Bonchev–Trinajstić information content (AvgIpc) is 3.42. The van der Waals surface area contributed by atoms with Crippen molar-refractivity contribution in [2.45, 2.75) is 26.7 Å². The van der Waals surface area contributed by atoms with Crippen LogP contribution in [0, 0.1) is 0 Å². The third-order valence-corrected chi connectivity index (χ3v) is 7.58. The molecule has 0 unspecified atom stereocenters. The van der Waals surface area contributed by atoms with E-state index in [0.29, 0.717) is 18.9 Å². The van der Waals surface area contributed by atoms with Crippen molar-refractivity contribution in [3.63, 3.8) is 0 Å². The Morgan fingerprint density at radius 3 is 2.17 bits per heavy atom. The molecule has 6 rings (SSSR count). The van der Waals surface area contributed by atoms with Gasteiger partial charge in [-0.2, -0.15) is 5.10 Å². The fourth-order valence-electron chi connectivity index (χ4n) is 5.46. The molecule has 2 saturated heterocycles. The number of esters is 1. The molecule has 0 N–H and O–H groups in total. The highest BCUT2D eigenvalue weighted by Crippen LogP contribution is 2.36. The Kier molecular flexibility index (Phi) is 7.84. The summed E-state index contributed by atoms with van der Waals surface area (Å²) in [6, 6.07) is 12.4. The van der Waals surface area contributed by atoms with Crippen molar-refractivity contribution in [1.82, 2.24) is 19.7 Å². The molecule has 10 nitrogen and oxygen atoms in total. The SMILES string of the molecule is CCOC(=O)c1cc(-c2ccc(N3CCOCC3)cc2)c2c(C(C)C)nn(-c3cncc(N4CCOCC4)c3)c2n1. The van der Waals surface area contributed by atoms with E-state index in [1.165, 1.54) is 0 Å². The lowest BCUT2D eigenvalue weighted by atomic mass is 9.97. The van der Waals surface area contributed by atoms with Crippen molar-refractivity contribution < 1.29 is 19.0 Å². The highest BCUT2D eigenvalue weighted by molar-refractivity contribution is 6.00. The first kappa shape index (κ1) is 27.2. The number of pyridine rings is 2. The summed E-state index contributed by atoms with van der Waals surface area (Å²) in [7, 11) is 0. The van der Waals surface area contributed by atoms with Crippen LogP contribution in [-0.2, 0) is 14.2 Å². The van der Waals surface area contributed by atoms with Gasteiger partial charge in [0.25, 0.3) is 0 Å². The third kappa shape index (κ3) is 5.49. The van der Waals surface area contributed by atoms with E-state index in [0.717, 1.165) is 78.7 Å². The normalized spacial score (nSPS) is 16.0. The molecule has 41 heavy (non-hydrogen) atoms. The predicted octanol–water partition coefficient (Wildman–Crippen LogP) is 4.46. The summed E-state index contributed by atoms with van der Waals surface area (Å²) in [5.41, 5.74) is 6.59. The van der Waals surface area contributed by atoms with Gasteiger partial charge in [-0.25, -0.2) is 14.5 Å². The molecule has 0 atom stereocenters. The van der Waals surface area contributed by atoms with Gasteiger partial charge >= 0.3 is 5.97 Å². The van der Waals surface area contributed by atoms with Gasteiger partial charge in [0.2, 0.25) is 0 Å². The molecule has 0 radical (unpaired) electrons. The number of hydrogen-bond donors (Lipinski definition) is 0. The maximum absolute atomic E-state index is 13.0. The van der Waals surface area contributed by atoms with E-state index in [2.05, 4.69) is 59.0 Å². The maximum atomic E-state index is 13.0. The predicted molar refractivity (Wildman–Crippen MR) is 158 cm³/mol. The number of nitrogens with zero attached hydrogens (tertiary/aromatic N) is 6. The third-order valence-electron chi connectivity index (χ3n) is 7.58. The molecular weight excluding hydrogens is 520 g/mol. The van der Waals surface area contributed by atoms with Crippen LogP contribution in [0.5, 0.6) is 0 Å². The van der Waals surface area contributed by atoms with E-state index in [1.807, 2.05) is 16.9 Å². The molecule has 1 aromatic carbocycles.